The minimum absolute atomic E-state index is 0.415. The monoisotopic (exact) mass is 204 g/mol. The van der Waals surface area contributed by atoms with Crippen LogP contribution < -0.4 is 10.5 Å². The Bertz CT molecular complexity index is 413. The number of aromatic nitrogens is 3. The van der Waals surface area contributed by atoms with Crippen molar-refractivity contribution < 1.29 is 4.74 Å². The van der Waals surface area contributed by atoms with Gasteiger partial charge in [0.15, 0.2) is 11.6 Å². The highest BCUT2D eigenvalue weighted by atomic mass is 16.5. The maximum atomic E-state index is 5.62. The van der Waals surface area contributed by atoms with Crippen LogP contribution in [0.4, 0.5) is 5.82 Å². The Kier molecular flexibility index (Phi) is 2.82. The molecule has 2 aromatic heterocycles. The fraction of sp³-hybridized carbons (Fsp3) is 0.200. The molecule has 0 saturated carbocycles. The van der Waals surface area contributed by atoms with E-state index in [1.54, 1.807) is 29.2 Å². The smallest absolute Gasteiger partial charge is 0.166 e. The Morgan fingerprint density at radius 2 is 2.27 bits per heavy atom. The van der Waals surface area contributed by atoms with Crippen molar-refractivity contribution in [2.45, 2.75) is 6.54 Å². The predicted octanol–water partition coefficient (Wildman–Crippen LogP) is 0.939. The van der Waals surface area contributed by atoms with Crippen LogP contribution in [0.5, 0.6) is 5.75 Å². The van der Waals surface area contributed by atoms with Gasteiger partial charge < -0.3 is 10.5 Å². The van der Waals surface area contributed by atoms with Crippen LogP contribution in [0.25, 0.3) is 0 Å². The molecule has 5 heteroatoms. The normalized spacial score (nSPS) is 10.1. The van der Waals surface area contributed by atoms with E-state index in [0.717, 1.165) is 0 Å². The third kappa shape index (κ3) is 2.46. The summed E-state index contributed by atoms with van der Waals surface area (Å²) in [6.45, 7) is 1.22. The number of anilines is 1. The van der Waals surface area contributed by atoms with Crippen molar-refractivity contribution in [2.24, 2.45) is 0 Å². The number of nitrogens with two attached hydrogens (primary N) is 1. The van der Waals surface area contributed by atoms with Gasteiger partial charge in [0.1, 0.15) is 6.61 Å². The maximum Gasteiger partial charge on any atom is 0.166 e. The third-order valence-corrected chi connectivity index (χ3v) is 1.94. The van der Waals surface area contributed by atoms with Gasteiger partial charge in [-0.25, -0.2) is 4.98 Å². The number of pyridine rings is 1. The highest BCUT2D eigenvalue weighted by Gasteiger charge is 1.99. The minimum Gasteiger partial charge on any atom is -0.488 e. The van der Waals surface area contributed by atoms with E-state index in [9.17, 15) is 0 Å². The van der Waals surface area contributed by atoms with Crippen LogP contribution in [0.15, 0.2) is 36.8 Å². The third-order valence-electron chi connectivity index (χ3n) is 1.94. The molecule has 2 N–H and O–H groups in total. The Labute approximate surface area is 87.5 Å². The van der Waals surface area contributed by atoms with Gasteiger partial charge in [-0.15, -0.1) is 0 Å². The molecule has 0 aromatic carbocycles. The molecule has 0 saturated heterocycles. The summed E-state index contributed by atoms with van der Waals surface area (Å²) >= 11 is 0. The maximum absolute atomic E-state index is 5.62. The molecule has 0 aliphatic heterocycles. The van der Waals surface area contributed by atoms with E-state index in [0.29, 0.717) is 24.7 Å². The summed E-state index contributed by atoms with van der Waals surface area (Å²) in [6, 6.07) is 5.46. The molecule has 2 heterocycles. The number of rotatable bonds is 4. The first-order valence-corrected chi connectivity index (χ1v) is 4.67. The second kappa shape index (κ2) is 4.45. The molecule has 5 nitrogen and oxygen atoms in total. The molecule has 2 rings (SSSR count). The van der Waals surface area contributed by atoms with Crippen molar-refractivity contribution in [2.75, 3.05) is 12.3 Å². The first-order valence-electron chi connectivity index (χ1n) is 4.67. The van der Waals surface area contributed by atoms with Crippen LogP contribution >= 0.6 is 0 Å². The molecule has 0 unspecified atom stereocenters. The molecule has 0 bridgehead atoms. The van der Waals surface area contributed by atoms with E-state index in [-0.39, 0.29) is 0 Å². The van der Waals surface area contributed by atoms with Crippen molar-refractivity contribution in [1.29, 1.82) is 0 Å². The Morgan fingerprint density at radius 1 is 1.33 bits per heavy atom. The van der Waals surface area contributed by atoms with E-state index >= 15 is 0 Å². The minimum atomic E-state index is 0.415. The zero-order valence-electron chi connectivity index (χ0n) is 8.21. The van der Waals surface area contributed by atoms with Crippen LogP contribution in [0.1, 0.15) is 0 Å². The second-order valence-corrected chi connectivity index (χ2v) is 3.00. The van der Waals surface area contributed by atoms with Crippen LogP contribution in [-0.4, -0.2) is 21.4 Å². The Hall–Kier alpha value is -2.04. The lowest BCUT2D eigenvalue weighted by Crippen LogP contribution is -2.09. The highest BCUT2D eigenvalue weighted by molar-refractivity contribution is 5.44. The lowest BCUT2D eigenvalue weighted by atomic mass is 10.4. The number of nitrogen functional groups attached to an aromatic ring is 1. The van der Waals surface area contributed by atoms with Crippen molar-refractivity contribution in [1.82, 2.24) is 14.8 Å². The van der Waals surface area contributed by atoms with Gasteiger partial charge in [0.25, 0.3) is 0 Å². The zero-order chi connectivity index (χ0) is 10.5. The lowest BCUT2D eigenvalue weighted by molar-refractivity contribution is 0.292. The van der Waals surface area contributed by atoms with E-state index in [1.807, 2.05) is 12.3 Å². The van der Waals surface area contributed by atoms with Gasteiger partial charge in [0.05, 0.1) is 6.54 Å². The quantitative estimate of drug-likeness (QED) is 0.804. The van der Waals surface area contributed by atoms with E-state index < -0.39 is 0 Å². The Morgan fingerprint density at radius 3 is 3.00 bits per heavy atom. The molecule has 0 amide bonds. The Balaban J connectivity index is 1.86. The molecule has 78 valence electrons. The average Bonchev–Trinajstić information content (AvgIpc) is 2.74. The van der Waals surface area contributed by atoms with Gasteiger partial charge >= 0.3 is 0 Å². The molecule has 2 aromatic rings. The van der Waals surface area contributed by atoms with Crippen LogP contribution in [-0.2, 0) is 6.54 Å². The number of ether oxygens (including phenoxy) is 1. The van der Waals surface area contributed by atoms with Crippen LogP contribution in [0.2, 0.25) is 0 Å². The molecule has 0 atom stereocenters. The summed E-state index contributed by atoms with van der Waals surface area (Å²) in [7, 11) is 0. The summed E-state index contributed by atoms with van der Waals surface area (Å²) < 4.78 is 7.26. The van der Waals surface area contributed by atoms with Crippen molar-refractivity contribution in [3.8, 4) is 5.75 Å². The van der Waals surface area contributed by atoms with E-state index in [4.69, 9.17) is 10.5 Å². The molecule has 0 fully saturated rings. The van der Waals surface area contributed by atoms with Gasteiger partial charge in [-0.05, 0) is 18.2 Å². The first-order chi connectivity index (χ1) is 7.36. The molecule has 0 aliphatic rings. The molecule has 0 aliphatic carbocycles. The molecular formula is C10H12N4O. The van der Waals surface area contributed by atoms with Gasteiger partial charge in [-0.3, -0.25) is 4.68 Å². The SMILES string of the molecule is Nc1ncccc1OCCn1cccn1. The van der Waals surface area contributed by atoms with E-state index in [1.165, 1.54) is 0 Å². The first kappa shape index (κ1) is 9.51. The molecular weight excluding hydrogens is 192 g/mol. The van der Waals surface area contributed by atoms with Gasteiger partial charge in [-0.2, -0.15) is 5.10 Å². The van der Waals surface area contributed by atoms with Gasteiger partial charge in [-0.1, -0.05) is 0 Å². The standard InChI is InChI=1S/C10H12N4O/c11-10-9(3-1-4-12-10)15-8-7-14-6-2-5-13-14/h1-6H,7-8H2,(H2,11,12). The number of hydrogen-bond donors (Lipinski definition) is 1. The number of hydrogen-bond acceptors (Lipinski definition) is 4. The van der Waals surface area contributed by atoms with Gasteiger partial charge in [0.2, 0.25) is 0 Å². The van der Waals surface area contributed by atoms with Crippen molar-refractivity contribution in [3.63, 3.8) is 0 Å². The topological polar surface area (TPSA) is 66.0 Å². The summed E-state index contributed by atoms with van der Waals surface area (Å²) in [6.07, 6.45) is 5.25. The average molecular weight is 204 g/mol. The van der Waals surface area contributed by atoms with Crippen molar-refractivity contribution >= 4 is 5.82 Å². The van der Waals surface area contributed by atoms with E-state index in [2.05, 4.69) is 10.1 Å². The molecule has 0 spiro atoms. The summed E-state index contributed by atoms with van der Waals surface area (Å²) in [5.41, 5.74) is 5.62. The summed E-state index contributed by atoms with van der Waals surface area (Å²) in [5, 5.41) is 4.06. The number of nitrogens with zero attached hydrogens (tertiary/aromatic N) is 3. The zero-order valence-corrected chi connectivity index (χ0v) is 8.21. The van der Waals surface area contributed by atoms with Gasteiger partial charge in [0, 0.05) is 18.6 Å². The van der Waals surface area contributed by atoms with Crippen LogP contribution in [0, 0.1) is 0 Å². The fourth-order valence-electron chi connectivity index (χ4n) is 1.21. The van der Waals surface area contributed by atoms with Crippen molar-refractivity contribution in [3.05, 3.63) is 36.8 Å². The lowest BCUT2D eigenvalue weighted by Gasteiger charge is -2.07. The molecule has 0 radical (unpaired) electrons. The fourth-order valence-corrected chi connectivity index (χ4v) is 1.21. The summed E-state index contributed by atoms with van der Waals surface area (Å²) in [4.78, 5) is 3.93. The predicted molar refractivity (Wildman–Crippen MR) is 56.4 cm³/mol. The largest absolute Gasteiger partial charge is 0.488 e. The molecule has 15 heavy (non-hydrogen) atoms. The summed E-state index contributed by atoms with van der Waals surface area (Å²) in [5.74, 6) is 1.03. The second-order valence-electron chi connectivity index (χ2n) is 3.00. The van der Waals surface area contributed by atoms with Crippen LogP contribution in [0.3, 0.4) is 0 Å². The highest BCUT2D eigenvalue weighted by Crippen LogP contribution is 2.16.